The van der Waals surface area contributed by atoms with Crippen LogP contribution >= 0.6 is 0 Å². The number of nitrogens with zero attached hydrogens (tertiary/aromatic N) is 2. The first-order valence-corrected chi connectivity index (χ1v) is 8.18. The molecule has 20 heavy (non-hydrogen) atoms. The zero-order valence-electron chi connectivity index (χ0n) is 13.5. The summed E-state index contributed by atoms with van der Waals surface area (Å²) in [5.41, 5.74) is 0. The van der Waals surface area contributed by atoms with E-state index in [1.165, 1.54) is 0 Å². The summed E-state index contributed by atoms with van der Waals surface area (Å²) in [5.74, 6) is 0.161. The minimum atomic E-state index is -0.100. The third kappa shape index (κ3) is 3.74. The van der Waals surface area contributed by atoms with Crippen LogP contribution in [0.5, 0.6) is 0 Å². The first-order valence-electron chi connectivity index (χ1n) is 8.18. The number of hydrogen-bond acceptors (Lipinski definition) is 2. The normalized spacial score (nSPS) is 22.4. The van der Waals surface area contributed by atoms with Gasteiger partial charge in [0.2, 0.25) is 11.8 Å². The lowest BCUT2D eigenvalue weighted by atomic mass is 9.77. The van der Waals surface area contributed by atoms with E-state index < -0.39 is 0 Å². The third-order valence-electron chi connectivity index (χ3n) is 4.55. The summed E-state index contributed by atoms with van der Waals surface area (Å²) in [7, 11) is 0. The molecule has 2 atom stereocenters. The van der Waals surface area contributed by atoms with Crippen LogP contribution in [0.15, 0.2) is 0 Å². The molecule has 0 N–H and O–H groups in total. The van der Waals surface area contributed by atoms with Gasteiger partial charge in [0, 0.05) is 38.0 Å². The summed E-state index contributed by atoms with van der Waals surface area (Å²) >= 11 is 0. The predicted molar refractivity (Wildman–Crippen MR) is 81.3 cm³/mol. The Balaban J connectivity index is 2.86. The number of carbonyl (C=O) groups is 2. The first kappa shape index (κ1) is 17.0. The van der Waals surface area contributed by atoms with E-state index >= 15 is 0 Å². The predicted octanol–water partition coefficient (Wildman–Crippen LogP) is 2.53. The van der Waals surface area contributed by atoms with Gasteiger partial charge in [0.25, 0.3) is 0 Å². The van der Waals surface area contributed by atoms with Crippen LogP contribution in [0.4, 0.5) is 0 Å². The van der Waals surface area contributed by atoms with Crippen molar-refractivity contribution in [3.8, 4) is 0 Å². The van der Waals surface area contributed by atoms with Gasteiger partial charge in [0.05, 0.1) is 0 Å². The molecule has 1 aliphatic rings. The first-order chi connectivity index (χ1) is 9.60. The molecule has 116 valence electrons. The van der Waals surface area contributed by atoms with Crippen molar-refractivity contribution in [2.24, 2.45) is 11.8 Å². The molecule has 0 saturated heterocycles. The van der Waals surface area contributed by atoms with Crippen molar-refractivity contribution in [3.05, 3.63) is 0 Å². The second kappa shape index (κ2) is 8.28. The Labute approximate surface area is 123 Å². The molecule has 0 aromatic rings. The summed E-state index contributed by atoms with van der Waals surface area (Å²) in [6, 6.07) is 0. The molecule has 1 fully saturated rings. The molecular weight excluding hydrogens is 252 g/mol. The molecule has 1 saturated carbocycles. The summed E-state index contributed by atoms with van der Waals surface area (Å²) < 4.78 is 0. The van der Waals surface area contributed by atoms with Crippen molar-refractivity contribution in [2.45, 2.75) is 53.4 Å². The Morgan fingerprint density at radius 3 is 1.30 bits per heavy atom. The molecule has 4 nitrogen and oxygen atoms in total. The Bertz CT molecular complexity index is 290. The molecule has 4 heteroatoms. The van der Waals surface area contributed by atoms with Crippen LogP contribution in [-0.4, -0.2) is 47.8 Å². The standard InChI is InChI=1S/C16H30N2O2/c1-5-17(6-2)15(19)13-11-9-10-12-14(13)16(20)18(7-3)8-4/h13-14H,5-12H2,1-4H3. The maximum absolute atomic E-state index is 12.6. The highest BCUT2D eigenvalue weighted by atomic mass is 16.2. The van der Waals surface area contributed by atoms with Gasteiger partial charge < -0.3 is 9.80 Å². The third-order valence-corrected chi connectivity index (χ3v) is 4.55. The van der Waals surface area contributed by atoms with Gasteiger partial charge in [-0.1, -0.05) is 12.8 Å². The quantitative estimate of drug-likeness (QED) is 0.751. The van der Waals surface area contributed by atoms with E-state index in [0.29, 0.717) is 0 Å². The van der Waals surface area contributed by atoms with Crippen LogP contribution in [0.3, 0.4) is 0 Å². The van der Waals surface area contributed by atoms with Crippen LogP contribution in [0.2, 0.25) is 0 Å². The molecule has 2 unspecified atom stereocenters. The van der Waals surface area contributed by atoms with Crippen molar-refractivity contribution >= 4 is 11.8 Å². The lowest BCUT2D eigenvalue weighted by Crippen LogP contribution is -2.46. The molecule has 0 aliphatic heterocycles. The molecule has 0 bridgehead atoms. The van der Waals surface area contributed by atoms with Gasteiger partial charge in [0.15, 0.2) is 0 Å². The van der Waals surface area contributed by atoms with Crippen LogP contribution in [0.1, 0.15) is 53.4 Å². The molecular formula is C16H30N2O2. The Hall–Kier alpha value is -1.06. The van der Waals surface area contributed by atoms with E-state index in [1.54, 1.807) is 0 Å². The highest BCUT2D eigenvalue weighted by molar-refractivity contribution is 5.88. The van der Waals surface area contributed by atoms with Gasteiger partial charge in [-0.3, -0.25) is 9.59 Å². The average Bonchev–Trinajstić information content (AvgIpc) is 2.49. The van der Waals surface area contributed by atoms with Crippen LogP contribution in [-0.2, 0) is 9.59 Å². The number of amides is 2. The molecule has 0 spiro atoms. The number of rotatable bonds is 6. The number of carbonyl (C=O) groups excluding carboxylic acids is 2. The van der Waals surface area contributed by atoms with E-state index in [-0.39, 0.29) is 23.7 Å². The van der Waals surface area contributed by atoms with Gasteiger partial charge in [0.1, 0.15) is 0 Å². The maximum Gasteiger partial charge on any atom is 0.226 e. The number of hydrogen-bond donors (Lipinski definition) is 0. The van der Waals surface area contributed by atoms with Gasteiger partial charge in [-0.15, -0.1) is 0 Å². The Kier molecular flexibility index (Phi) is 7.03. The van der Waals surface area contributed by atoms with Gasteiger partial charge >= 0.3 is 0 Å². The lowest BCUT2D eigenvalue weighted by Gasteiger charge is -2.35. The maximum atomic E-state index is 12.6. The fourth-order valence-electron chi connectivity index (χ4n) is 3.26. The largest absolute Gasteiger partial charge is 0.343 e. The lowest BCUT2D eigenvalue weighted by molar-refractivity contribution is -0.147. The second-order valence-corrected chi connectivity index (χ2v) is 5.52. The Morgan fingerprint density at radius 1 is 0.750 bits per heavy atom. The minimum Gasteiger partial charge on any atom is -0.343 e. The SMILES string of the molecule is CCN(CC)C(=O)C1CCCCC1C(=O)N(CC)CC. The van der Waals surface area contributed by atoms with Crippen LogP contribution in [0, 0.1) is 11.8 Å². The molecule has 2 amide bonds. The summed E-state index contributed by atoms with van der Waals surface area (Å²) in [4.78, 5) is 29.0. The highest BCUT2D eigenvalue weighted by Crippen LogP contribution is 2.33. The van der Waals surface area contributed by atoms with Crippen molar-refractivity contribution in [3.63, 3.8) is 0 Å². The Morgan fingerprint density at radius 2 is 1.05 bits per heavy atom. The van der Waals surface area contributed by atoms with Gasteiger partial charge in [-0.05, 0) is 40.5 Å². The molecule has 1 aliphatic carbocycles. The summed E-state index contributed by atoms with van der Waals surface area (Å²) in [6.45, 7) is 11.0. The topological polar surface area (TPSA) is 40.6 Å². The zero-order valence-corrected chi connectivity index (χ0v) is 13.5. The summed E-state index contributed by atoms with van der Waals surface area (Å²) in [6.07, 6.45) is 3.87. The van der Waals surface area contributed by atoms with Crippen molar-refractivity contribution in [1.82, 2.24) is 9.80 Å². The fraction of sp³-hybridized carbons (Fsp3) is 0.875. The smallest absolute Gasteiger partial charge is 0.226 e. The van der Waals surface area contributed by atoms with E-state index in [1.807, 2.05) is 37.5 Å². The second-order valence-electron chi connectivity index (χ2n) is 5.52. The van der Waals surface area contributed by atoms with E-state index in [2.05, 4.69) is 0 Å². The average molecular weight is 282 g/mol. The van der Waals surface area contributed by atoms with Crippen molar-refractivity contribution in [1.29, 1.82) is 0 Å². The molecule has 0 aromatic heterocycles. The van der Waals surface area contributed by atoms with Crippen LogP contribution < -0.4 is 0 Å². The zero-order chi connectivity index (χ0) is 15.1. The highest BCUT2D eigenvalue weighted by Gasteiger charge is 2.38. The monoisotopic (exact) mass is 282 g/mol. The minimum absolute atomic E-state index is 0.100. The summed E-state index contributed by atoms with van der Waals surface area (Å²) in [5, 5.41) is 0. The van der Waals surface area contributed by atoms with E-state index in [4.69, 9.17) is 0 Å². The van der Waals surface area contributed by atoms with Gasteiger partial charge in [-0.25, -0.2) is 0 Å². The molecule has 0 aromatic carbocycles. The van der Waals surface area contributed by atoms with Crippen LogP contribution in [0.25, 0.3) is 0 Å². The van der Waals surface area contributed by atoms with Crippen molar-refractivity contribution < 1.29 is 9.59 Å². The van der Waals surface area contributed by atoms with Crippen molar-refractivity contribution in [2.75, 3.05) is 26.2 Å². The van der Waals surface area contributed by atoms with E-state index in [0.717, 1.165) is 51.9 Å². The molecule has 0 radical (unpaired) electrons. The molecule has 0 heterocycles. The molecule has 1 rings (SSSR count). The van der Waals surface area contributed by atoms with E-state index in [9.17, 15) is 9.59 Å². The van der Waals surface area contributed by atoms with Gasteiger partial charge in [-0.2, -0.15) is 0 Å². The fourth-order valence-corrected chi connectivity index (χ4v) is 3.26.